The molecule has 4 aromatic heterocycles. The van der Waals surface area contributed by atoms with E-state index in [9.17, 15) is 0 Å². The van der Waals surface area contributed by atoms with Crippen molar-refractivity contribution in [2.75, 3.05) is 0 Å². The van der Waals surface area contributed by atoms with Crippen molar-refractivity contribution in [1.82, 2.24) is 18.7 Å². The zero-order valence-corrected chi connectivity index (χ0v) is 49.1. The van der Waals surface area contributed by atoms with Gasteiger partial charge >= 0.3 is 0 Å². The van der Waals surface area contributed by atoms with E-state index in [0.717, 1.165) is 94.9 Å². The van der Waals surface area contributed by atoms with Crippen LogP contribution < -0.4 is 9.30 Å². The molecule has 0 amide bonds. The lowest BCUT2D eigenvalue weighted by atomic mass is 9.78. The first-order valence-corrected chi connectivity index (χ1v) is 29.3. The second-order valence-corrected chi connectivity index (χ2v) is 25.9. The molecular weight excluding hydrogens is 1020 g/mol. The summed E-state index contributed by atoms with van der Waals surface area (Å²) in [6.07, 6.45) is 6.07. The summed E-state index contributed by atoms with van der Waals surface area (Å²) in [7, 11) is 0. The van der Waals surface area contributed by atoms with Crippen LogP contribution in [0.25, 0.3) is 122 Å². The van der Waals surface area contributed by atoms with E-state index in [1.807, 2.05) is 6.20 Å². The van der Waals surface area contributed by atoms with Crippen molar-refractivity contribution in [2.24, 2.45) is 0 Å². The summed E-state index contributed by atoms with van der Waals surface area (Å²) in [5.41, 5.74) is 22.3. The van der Waals surface area contributed by atoms with E-state index in [1.54, 1.807) is 0 Å². The Morgan fingerprint density at radius 2 is 0.881 bits per heavy atom. The number of para-hydroxylation sites is 4. The molecule has 0 atom stereocenters. The molecule has 6 heteroatoms. The van der Waals surface area contributed by atoms with Crippen LogP contribution in [0.4, 0.5) is 0 Å². The summed E-state index contributed by atoms with van der Waals surface area (Å²) in [5, 5.41) is 4.73. The Bertz CT molecular complexity index is 4920. The number of hydrogen-bond acceptors (Lipinski definition) is 2. The highest BCUT2D eigenvalue weighted by molar-refractivity contribution is 6.11. The second-order valence-electron chi connectivity index (χ2n) is 25.9. The SMILES string of the molecule is CC(C)(C)c1cc(-c2cccc3c2-[n+]2[c-]n(-c4cccc(Oc5ccc6c7ccccc7n(-c7cc(C(C)(C)C)ccn7)c6c5)c4)c4cc(-n5c6ccccc6c6ccccc65)cc(c42)-c2ccccc2-c2ccccc2-3)cc(C(C)(C)C)c1. The smallest absolute Gasteiger partial charge is 0.269 e. The molecule has 0 aliphatic carbocycles. The van der Waals surface area contributed by atoms with Gasteiger partial charge in [0.15, 0.2) is 0 Å². The molecule has 0 radical (unpaired) electrons. The van der Waals surface area contributed by atoms with Gasteiger partial charge in [0.2, 0.25) is 0 Å². The first-order valence-electron chi connectivity index (χ1n) is 29.3. The van der Waals surface area contributed by atoms with Crippen LogP contribution in [-0.4, -0.2) is 18.7 Å². The van der Waals surface area contributed by atoms with Gasteiger partial charge in [-0.05, 0) is 150 Å². The number of nitrogens with zero attached hydrogens (tertiary/aromatic N) is 5. The fourth-order valence-corrected chi connectivity index (χ4v) is 13.0. The van der Waals surface area contributed by atoms with Gasteiger partial charge in [0.05, 0.1) is 44.5 Å². The van der Waals surface area contributed by atoms with Gasteiger partial charge in [0.25, 0.3) is 6.33 Å². The molecule has 1 aliphatic heterocycles. The van der Waals surface area contributed by atoms with E-state index < -0.39 is 0 Å². The number of pyridine rings is 1. The minimum atomic E-state index is -0.0941. The summed E-state index contributed by atoms with van der Waals surface area (Å²) in [6, 6.07) is 82.3. The molecule has 0 fully saturated rings. The lowest BCUT2D eigenvalue weighted by molar-refractivity contribution is -0.570. The maximum absolute atomic E-state index is 7.05. The third kappa shape index (κ3) is 8.29. The minimum absolute atomic E-state index is 0.0447. The molecule has 1 aliphatic rings. The van der Waals surface area contributed by atoms with E-state index in [-0.39, 0.29) is 16.2 Å². The summed E-state index contributed by atoms with van der Waals surface area (Å²) in [4.78, 5) is 4.97. The summed E-state index contributed by atoms with van der Waals surface area (Å²) in [5.74, 6) is 2.31. The fraction of sp³-hybridized carbons (Fsp3) is 0.154. The number of imidazole rings is 1. The van der Waals surface area contributed by atoms with Crippen LogP contribution >= 0.6 is 0 Å². The normalized spacial score (nSPS) is 12.6. The molecule has 5 heterocycles. The predicted octanol–water partition coefficient (Wildman–Crippen LogP) is 20.0. The molecule has 14 aromatic rings. The Kier molecular flexibility index (Phi) is 11.5. The number of benzene rings is 10. The van der Waals surface area contributed by atoms with Crippen molar-refractivity contribution in [3.8, 4) is 78.9 Å². The Balaban J connectivity index is 1.01. The average molecular weight is 1090 g/mol. The van der Waals surface area contributed by atoms with E-state index >= 15 is 0 Å². The van der Waals surface area contributed by atoms with Crippen LogP contribution in [0.1, 0.15) is 79.0 Å². The number of aromatic nitrogens is 5. The minimum Gasteiger partial charge on any atom is -0.458 e. The van der Waals surface area contributed by atoms with Crippen molar-refractivity contribution >= 4 is 54.6 Å². The van der Waals surface area contributed by atoms with Gasteiger partial charge in [-0.2, -0.15) is 0 Å². The van der Waals surface area contributed by atoms with E-state index in [1.165, 1.54) is 49.5 Å². The zero-order valence-electron chi connectivity index (χ0n) is 49.1. The Labute approximate surface area is 491 Å². The molecule has 84 heavy (non-hydrogen) atoms. The van der Waals surface area contributed by atoms with Crippen LogP contribution in [-0.2, 0) is 16.2 Å². The quantitative estimate of drug-likeness (QED) is 0.123. The van der Waals surface area contributed by atoms with Gasteiger partial charge in [-0.25, -0.2) is 4.98 Å². The highest BCUT2D eigenvalue weighted by atomic mass is 16.5. The Morgan fingerprint density at radius 1 is 0.369 bits per heavy atom. The molecule has 0 saturated heterocycles. The van der Waals surface area contributed by atoms with E-state index in [2.05, 4.69) is 311 Å². The topological polar surface area (TPSA) is 40.8 Å². The molecule has 0 spiro atoms. The summed E-state index contributed by atoms with van der Waals surface area (Å²) >= 11 is 0. The molecule has 408 valence electrons. The van der Waals surface area contributed by atoms with Gasteiger partial charge in [-0.1, -0.05) is 208 Å². The van der Waals surface area contributed by atoms with Gasteiger partial charge in [0.1, 0.15) is 17.3 Å². The monoisotopic (exact) mass is 1090 g/mol. The zero-order chi connectivity index (χ0) is 57.4. The van der Waals surface area contributed by atoms with Crippen molar-refractivity contribution in [3.05, 3.63) is 254 Å². The first kappa shape index (κ1) is 51.1. The van der Waals surface area contributed by atoms with Gasteiger partial charge in [-0.3, -0.25) is 13.7 Å². The van der Waals surface area contributed by atoms with Crippen molar-refractivity contribution in [2.45, 2.75) is 78.6 Å². The fourth-order valence-electron chi connectivity index (χ4n) is 13.0. The van der Waals surface area contributed by atoms with Crippen LogP contribution in [0.3, 0.4) is 0 Å². The van der Waals surface area contributed by atoms with Gasteiger partial charge < -0.3 is 9.30 Å². The Hall–Kier alpha value is -9.78. The molecule has 0 bridgehead atoms. The van der Waals surface area contributed by atoms with Crippen LogP contribution in [0.15, 0.2) is 231 Å². The van der Waals surface area contributed by atoms with Gasteiger partial charge in [-0.15, -0.1) is 0 Å². The Morgan fingerprint density at radius 3 is 1.50 bits per heavy atom. The lowest BCUT2D eigenvalue weighted by Gasteiger charge is -2.27. The van der Waals surface area contributed by atoms with Crippen molar-refractivity contribution in [1.29, 1.82) is 0 Å². The molecule has 0 saturated carbocycles. The van der Waals surface area contributed by atoms with Gasteiger partial charge in [0, 0.05) is 39.5 Å². The van der Waals surface area contributed by atoms with Crippen molar-refractivity contribution < 1.29 is 9.30 Å². The molecule has 6 nitrogen and oxygen atoms in total. The van der Waals surface area contributed by atoms with E-state index in [4.69, 9.17) is 9.72 Å². The highest BCUT2D eigenvalue weighted by Crippen LogP contribution is 2.48. The first-order chi connectivity index (χ1) is 40.5. The van der Waals surface area contributed by atoms with Crippen LogP contribution in [0.5, 0.6) is 11.5 Å². The number of hydrogen-bond donors (Lipinski definition) is 0. The molecule has 0 N–H and O–H groups in total. The average Bonchev–Trinajstić information content (AvgIpc) is 2.22. The highest BCUT2D eigenvalue weighted by Gasteiger charge is 2.30. The van der Waals surface area contributed by atoms with Crippen LogP contribution in [0.2, 0.25) is 0 Å². The van der Waals surface area contributed by atoms with Crippen LogP contribution in [0, 0.1) is 6.33 Å². The predicted molar refractivity (Wildman–Crippen MR) is 348 cm³/mol. The standard InChI is InChI=1S/C78H65N5O/c1-76(2,3)50-38-39-79-73(43-50)83-70-35-19-16-30-64(70)65-37-36-56(47-71(65)83)84-55-23-20-22-53(44-55)80-48-81-74-57(49-40-51(77(4,5)6)42-52(41-49)78(7,8)9)31-21-32-66(74)60-26-12-10-24-58(60)59-25-11-13-27-61(59)67-45-54(46-72(80)75(67)81)82-68-33-17-14-28-62(68)63-29-15-18-34-69(63)82/h10-47H,1-9H3. The third-order valence-electron chi connectivity index (χ3n) is 17.3. The lowest BCUT2D eigenvalue weighted by Crippen LogP contribution is -2.32. The number of ether oxygens (including phenoxy) is 1. The third-order valence-corrected chi connectivity index (χ3v) is 17.3. The summed E-state index contributed by atoms with van der Waals surface area (Å²) < 4.78 is 16.4. The molecule has 15 rings (SSSR count). The van der Waals surface area contributed by atoms with Crippen molar-refractivity contribution in [3.63, 3.8) is 0 Å². The maximum atomic E-state index is 7.05. The largest absolute Gasteiger partial charge is 0.458 e. The second kappa shape index (κ2) is 18.9. The molecular formula is C78H65N5O. The maximum Gasteiger partial charge on any atom is 0.269 e. The number of fused-ring (bicyclic) bond motifs is 13. The molecule has 10 aromatic carbocycles. The number of rotatable bonds is 6. The van der Waals surface area contributed by atoms with E-state index in [0.29, 0.717) is 5.75 Å². The summed E-state index contributed by atoms with van der Waals surface area (Å²) in [6.45, 7) is 20.7. The molecule has 0 unspecified atom stereocenters.